The van der Waals surface area contributed by atoms with Gasteiger partial charge in [0.2, 0.25) is 0 Å². The summed E-state index contributed by atoms with van der Waals surface area (Å²) < 4.78 is 5.47. The molecule has 2 aromatic rings. The van der Waals surface area contributed by atoms with Crippen LogP contribution in [0.15, 0.2) is 35.5 Å². The quantitative estimate of drug-likeness (QED) is 0.513. The number of nitrogens with two attached hydrogens (primary N) is 1. The summed E-state index contributed by atoms with van der Waals surface area (Å²) in [6.45, 7) is 4.40. The van der Waals surface area contributed by atoms with Crippen molar-refractivity contribution in [1.29, 1.82) is 0 Å². The van der Waals surface area contributed by atoms with Crippen LogP contribution >= 0.6 is 0 Å². The van der Waals surface area contributed by atoms with E-state index in [2.05, 4.69) is 11.2 Å². The Morgan fingerprint density at radius 2 is 1.96 bits per heavy atom. The third-order valence-electron chi connectivity index (χ3n) is 4.71. The summed E-state index contributed by atoms with van der Waals surface area (Å²) in [6, 6.07) is 9.97. The molecule has 0 spiro atoms. The van der Waals surface area contributed by atoms with Crippen LogP contribution in [0.25, 0.3) is 0 Å². The summed E-state index contributed by atoms with van der Waals surface area (Å²) in [4.78, 5) is 5.59. The molecule has 0 atom stereocenters. The molecule has 0 saturated carbocycles. The fourth-order valence-corrected chi connectivity index (χ4v) is 3.37. The Bertz CT molecular complexity index is 761. The van der Waals surface area contributed by atoms with Crippen LogP contribution in [0.3, 0.4) is 0 Å². The number of nitrogens with zero attached hydrogens (tertiary/aromatic N) is 1. The van der Waals surface area contributed by atoms with Crippen molar-refractivity contribution in [3.05, 3.63) is 58.1 Å². The Labute approximate surface area is 143 Å². The third kappa shape index (κ3) is 3.09. The lowest BCUT2D eigenvalue weighted by Crippen LogP contribution is -2.04. The van der Waals surface area contributed by atoms with Crippen molar-refractivity contribution < 1.29 is 9.57 Å². The molecule has 24 heavy (non-hydrogen) atoms. The smallest absolute Gasteiger partial charge is 0.144 e. The van der Waals surface area contributed by atoms with Crippen LogP contribution in [-0.2, 0) is 24.3 Å². The maximum Gasteiger partial charge on any atom is 0.144 e. The molecular formula is C20H24N2O2. The van der Waals surface area contributed by atoms with Crippen LogP contribution in [0.5, 0.6) is 5.75 Å². The van der Waals surface area contributed by atoms with Gasteiger partial charge in [0, 0.05) is 16.8 Å². The van der Waals surface area contributed by atoms with Gasteiger partial charge in [-0.3, -0.25) is 0 Å². The molecule has 0 heterocycles. The van der Waals surface area contributed by atoms with Gasteiger partial charge in [0.1, 0.15) is 12.4 Å². The monoisotopic (exact) mass is 324 g/mol. The summed E-state index contributed by atoms with van der Waals surface area (Å²) in [6.07, 6.45) is 3.30. The second kappa shape index (κ2) is 6.95. The number of methoxy groups -OCH3 is 1. The van der Waals surface area contributed by atoms with Crippen LogP contribution in [0, 0.1) is 6.92 Å². The lowest BCUT2D eigenvalue weighted by atomic mass is 9.99. The highest BCUT2D eigenvalue weighted by atomic mass is 16.6. The number of rotatable bonds is 5. The van der Waals surface area contributed by atoms with Gasteiger partial charge in [0.05, 0.1) is 12.8 Å². The Hall–Kier alpha value is -2.49. The summed E-state index contributed by atoms with van der Waals surface area (Å²) in [5, 5.41) is 4.33. The molecule has 0 radical (unpaired) electrons. The Morgan fingerprint density at radius 3 is 2.71 bits per heavy atom. The number of nitrogen functional groups attached to an aromatic ring is 1. The van der Waals surface area contributed by atoms with Crippen molar-refractivity contribution >= 4 is 11.4 Å². The minimum Gasteiger partial charge on any atom is -0.496 e. The maximum atomic E-state index is 6.01. The molecule has 1 aliphatic rings. The molecule has 0 amide bonds. The van der Waals surface area contributed by atoms with Crippen LogP contribution in [0.1, 0.15) is 41.2 Å². The van der Waals surface area contributed by atoms with E-state index in [9.17, 15) is 0 Å². The van der Waals surface area contributed by atoms with Crippen molar-refractivity contribution in [3.63, 3.8) is 0 Å². The van der Waals surface area contributed by atoms with Gasteiger partial charge in [-0.05, 0) is 68.0 Å². The first-order valence-electron chi connectivity index (χ1n) is 8.31. The minimum atomic E-state index is 0.383. The summed E-state index contributed by atoms with van der Waals surface area (Å²) in [5.41, 5.74) is 13.6. The predicted molar refractivity (Wildman–Crippen MR) is 97.6 cm³/mol. The van der Waals surface area contributed by atoms with Gasteiger partial charge in [-0.2, -0.15) is 0 Å². The van der Waals surface area contributed by atoms with E-state index in [1.54, 1.807) is 7.11 Å². The van der Waals surface area contributed by atoms with Gasteiger partial charge in [0.25, 0.3) is 0 Å². The van der Waals surface area contributed by atoms with E-state index >= 15 is 0 Å². The van der Waals surface area contributed by atoms with Crippen LogP contribution in [-0.4, -0.2) is 12.8 Å². The van der Waals surface area contributed by atoms with Gasteiger partial charge in [-0.1, -0.05) is 17.3 Å². The highest BCUT2D eigenvalue weighted by Crippen LogP contribution is 2.33. The standard InChI is InChI=1S/C20H24N2O2/c1-13-6-4-9-19(21)18(13)12-24-22-14(2)15-10-11-20(23-3)17-8-5-7-16(15)17/h4,6,9-11H,5,7-8,12,21H2,1-3H3/b22-14-. The second-order valence-corrected chi connectivity index (χ2v) is 6.22. The number of aryl methyl sites for hydroxylation is 1. The van der Waals surface area contributed by atoms with Crippen molar-refractivity contribution in [2.75, 3.05) is 12.8 Å². The van der Waals surface area contributed by atoms with Crippen LogP contribution in [0.4, 0.5) is 5.69 Å². The van der Waals surface area contributed by atoms with Crippen molar-refractivity contribution in [2.45, 2.75) is 39.7 Å². The van der Waals surface area contributed by atoms with Gasteiger partial charge < -0.3 is 15.3 Å². The first-order chi connectivity index (χ1) is 11.6. The molecule has 2 N–H and O–H groups in total. The summed E-state index contributed by atoms with van der Waals surface area (Å²) in [5.74, 6) is 0.979. The fourth-order valence-electron chi connectivity index (χ4n) is 3.37. The summed E-state index contributed by atoms with van der Waals surface area (Å²) in [7, 11) is 1.73. The number of benzene rings is 2. The zero-order chi connectivity index (χ0) is 17.1. The molecule has 0 aliphatic heterocycles. The normalized spacial score (nSPS) is 13.7. The first-order valence-corrected chi connectivity index (χ1v) is 8.31. The predicted octanol–water partition coefficient (Wildman–Crippen LogP) is 4.02. The van der Waals surface area contributed by atoms with E-state index < -0.39 is 0 Å². The largest absolute Gasteiger partial charge is 0.496 e. The Morgan fingerprint density at radius 1 is 1.17 bits per heavy atom. The zero-order valence-corrected chi connectivity index (χ0v) is 14.6. The van der Waals surface area contributed by atoms with E-state index in [4.69, 9.17) is 15.3 Å². The van der Waals surface area contributed by atoms with Gasteiger partial charge >= 0.3 is 0 Å². The molecule has 1 aliphatic carbocycles. The van der Waals surface area contributed by atoms with Gasteiger partial charge in [-0.25, -0.2) is 0 Å². The number of hydrogen-bond donors (Lipinski definition) is 1. The zero-order valence-electron chi connectivity index (χ0n) is 14.6. The minimum absolute atomic E-state index is 0.383. The van der Waals surface area contributed by atoms with Crippen LogP contribution in [0.2, 0.25) is 0 Å². The highest BCUT2D eigenvalue weighted by molar-refractivity contribution is 6.00. The van der Waals surface area contributed by atoms with E-state index in [0.29, 0.717) is 6.61 Å². The number of anilines is 1. The van der Waals surface area contributed by atoms with E-state index in [-0.39, 0.29) is 0 Å². The third-order valence-corrected chi connectivity index (χ3v) is 4.71. The topological polar surface area (TPSA) is 56.8 Å². The Kier molecular flexibility index (Phi) is 4.74. The fraction of sp³-hybridized carbons (Fsp3) is 0.350. The Balaban J connectivity index is 1.79. The molecular weight excluding hydrogens is 300 g/mol. The molecule has 126 valence electrons. The lowest BCUT2D eigenvalue weighted by molar-refractivity contribution is 0.130. The molecule has 0 saturated heterocycles. The molecule has 0 unspecified atom stereocenters. The lowest BCUT2D eigenvalue weighted by Gasteiger charge is -2.12. The summed E-state index contributed by atoms with van der Waals surface area (Å²) >= 11 is 0. The number of ether oxygens (including phenoxy) is 1. The van der Waals surface area contributed by atoms with E-state index in [1.807, 2.05) is 38.1 Å². The molecule has 0 aromatic heterocycles. The van der Waals surface area contributed by atoms with Crippen molar-refractivity contribution in [1.82, 2.24) is 0 Å². The van der Waals surface area contributed by atoms with Gasteiger partial charge in [-0.15, -0.1) is 0 Å². The van der Waals surface area contributed by atoms with Crippen molar-refractivity contribution in [2.24, 2.45) is 5.16 Å². The first kappa shape index (κ1) is 16.4. The van der Waals surface area contributed by atoms with Crippen LogP contribution < -0.4 is 10.5 Å². The highest BCUT2D eigenvalue weighted by Gasteiger charge is 2.20. The number of oxime groups is 1. The second-order valence-electron chi connectivity index (χ2n) is 6.22. The average Bonchev–Trinajstić information content (AvgIpc) is 3.06. The molecule has 0 bridgehead atoms. The molecule has 3 rings (SSSR count). The molecule has 4 nitrogen and oxygen atoms in total. The average molecular weight is 324 g/mol. The SMILES string of the molecule is COc1ccc(/C(C)=N\OCc2c(C)cccc2N)c2c1CCC2. The maximum absolute atomic E-state index is 6.01. The van der Waals surface area contributed by atoms with Gasteiger partial charge in [0.15, 0.2) is 0 Å². The van der Waals surface area contributed by atoms with Crippen molar-refractivity contribution in [3.8, 4) is 5.75 Å². The molecule has 0 fully saturated rings. The van der Waals surface area contributed by atoms with E-state index in [1.165, 1.54) is 11.1 Å². The van der Waals surface area contributed by atoms with E-state index in [0.717, 1.165) is 53.1 Å². The number of fused-ring (bicyclic) bond motifs is 1. The molecule has 2 aromatic carbocycles. The number of hydrogen-bond acceptors (Lipinski definition) is 4. The molecule has 4 heteroatoms.